The lowest BCUT2D eigenvalue weighted by molar-refractivity contribution is -0.140. The van der Waals surface area contributed by atoms with Crippen LogP contribution in [0.25, 0.3) is 0 Å². The molecule has 0 fully saturated rings. The summed E-state index contributed by atoms with van der Waals surface area (Å²) in [4.78, 5) is 30.0. The molecule has 0 heterocycles. The third-order valence-electron chi connectivity index (χ3n) is 7.27. The van der Waals surface area contributed by atoms with Gasteiger partial charge in [-0.3, -0.25) is 13.9 Å². The Labute approximate surface area is 280 Å². The molecule has 0 saturated carbocycles. The Kier molecular flexibility index (Phi) is 12.4. The van der Waals surface area contributed by atoms with E-state index < -0.39 is 28.5 Å². The van der Waals surface area contributed by atoms with Crippen molar-refractivity contribution in [3.63, 3.8) is 0 Å². The molecule has 10 heteroatoms. The van der Waals surface area contributed by atoms with Gasteiger partial charge in [0, 0.05) is 24.0 Å². The summed E-state index contributed by atoms with van der Waals surface area (Å²) in [7, 11) is -4.23. The molecular formula is C36H40BrN3O5S. The number of amides is 2. The smallest absolute Gasteiger partial charge is 0.264 e. The Bertz CT molecular complexity index is 1680. The molecule has 1 N–H and O–H groups in total. The number of carbonyl (C=O) groups is 2. The molecule has 0 spiro atoms. The number of benzene rings is 4. The van der Waals surface area contributed by atoms with Crippen molar-refractivity contribution >= 4 is 43.5 Å². The first-order chi connectivity index (χ1) is 22.1. The van der Waals surface area contributed by atoms with Crippen molar-refractivity contribution in [3.8, 4) is 5.75 Å². The van der Waals surface area contributed by atoms with E-state index in [4.69, 9.17) is 4.74 Å². The standard InChI is InChI=1S/C36H40BrN3O5S/c1-4-45-34-18-12-11-17-32(34)40(46(43,44)31-15-9-6-10-16-31)26-35(41)39(25-29-19-21-30(37)22-20-29)33(36(42)38-24-27(2)3)23-28-13-7-5-8-14-28/h5-22,27,33H,4,23-26H2,1-3H3,(H,38,42)/t33-/m0/s1. The Balaban J connectivity index is 1.82. The van der Waals surface area contributed by atoms with Crippen LogP contribution in [-0.2, 0) is 32.6 Å². The van der Waals surface area contributed by atoms with Crippen LogP contribution >= 0.6 is 15.9 Å². The molecule has 8 nitrogen and oxygen atoms in total. The van der Waals surface area contributed by atoms with Crippen LogP contribution in [-0.4, -0.2) is 50.9 Å². The van der Waals surface area contributed by atoms with Crippen molar-refractivity contribution in [3.05, 3.63) is 125 Å². The molecule has 4 aromatic carbocycles. The second kappa shape index (κ2) is 16.4. The number of halogens is 1. The number of nitrogens with zero attached hydrogens (tertiary/aromatic N) is 2. The number of para-hydroxylation sites is 2. The molecule has 46 heavy (non-hydrogen) atoms. The fraction of sp³-hybridized carbons (Fsp3) is 0.278. The molecule has 0 aromatic heterocycles. The van der Waals surface area contributed by atoms with Gasteiger partial charge in [-0.2, -0.15) is 0 Å². The van der Waals surface area contributed by atoms with Gasteiger partial charge in [0.1, 0.15) is 18.3 Å². The van der Waals surface area contributed by atoms with Crippen molar-refractivity contribution in [1.29, 1.82) is 0 Å². The zero-order valence-corrected chi connectivity index (χ0v) is 28.7. The van der Waals surface area contributed by atoms with Gasteiger partial charge in [0.2, 0.25) is 11.8 Å². The van der Waals surface area contributed by atoms with Crippen LogP contribution in [0.3, 0.4) is 0 Å². The summed E-state index contributed by atoms with van der Waals surface area (Å²) in [5, 5.41) is 3.01. The van der Waals surface area contributed by atoms with E-state index in [1.165, 1.54) is 17.0 Å². The molecule has 4 rings (SSSR count). The molecular weight excluding hydrogens is 666 g/mol. The van der Waals surface area contributed by atoms with E-state index >= 15 is 0 Å². The van der Waals surface area contributed by atoms with E-state index in [9.17, 15) is 18.0 Å². The van der Waals surface area contributed by atoms with Gasteiger partial charge < -0.3 is 15.0 Å². The fourth-order valence-corrected chi connectivity index (χ4v) is 6.65. The summed E-state index contributed by atoms with van der Waals surface area (Å²) in [5.41, 5.74) is 1.89. The number of anilines is 1. The number of hydrogen-bond donors (Lipinski definition) is 1. The highest BCUT2D eigenvalue weighted by Gasteiger charge is 2.35. The molecule has 0 bridgehead atoms. The van der Waals surface area contributed by atoms with E-state index in [0.717, 1.165) is 19.9 Å². The van der Waals surface area contributed by atoms with Gasteiger partial charge in [0.15, 0.2) is 0 Å². The van der Waals surface area contributed by atoms with Gasteiger partial charge in [0.05, 0.1) is 17.2 Å². The van der Waals surface area contributed by atoms with E-state index in [-0.39, 0.29) is 35.4 Å². The minimum atomic E-state index is -4.23. The molecule has 2 amide bonds. The predicted octanol–water partition coefficient (Wildman–Crippen LogP) is 6.46. The van der Waals surface area contributed by atoms with E-state index in [0.29, 0.717) is 18.9 Å². The zero-order chi connectivity index (χ0) is 33.1. The van der Waals surface area contributed by atoms with Crippen molar-refractivity contribution in [2.45, 2.75) is 44.7 Å². The van der Waals surface area contributed by atoms with E-state index in [1.54, 1.807) is 42.5 Å². The number of ether oxygens (including phenoxy) is 1. The summed E-state index contributed by atoms with van der Waals surface area (Å²) in [6.07, 6.45) is 0.244. The maximum atomic E-state index is 14.6. The molecule has 0 saturated heterocycles. The maximum absolute atomic E-state index is 14.6. The normalized spacial score (nSPS) is 11.9. The monoisotopic (exact) mass is 705 g/mol. The second-order valence-electron chi connectivity index (χ2n) is 11.2. The first kappa shape index (κ1) is 34.7. The first-order valence-electron chi connectivity index (χ1n) is 15.2. The van der Waals surface area contributed by atoms with Crippen molar-refractivity contribution in [1.82, 2.24) is 10.2 Å². The predicted molar refractivity (Wildman–Crippen MR) is 185 cm³/mol. The average molecular weight is 707 g/mol. The summed E-state index contributed by atoms with van der Waals surface area (Å²) in [5.74, 6) is -0.324. The highest BCUT2D eigenvalue weighted by Crippen LogP contribution is 2.33. The topological polar surface area (TPSA) is 96.0 Å². The summed E-state index contributed by atoms with van der Waals surface area (Å²) in [6.45, 7) is 6.07. The summed E-state index contributed by atoms with van der Waals surface area (Å²) >= 11 is 3.46. The van der Waals surface area contributed by atoms with Crippen LogP contribution in [0.1, 0.15) is 31.9 Å². The Hall–Kier alpha value is -4.15. The molecule has 0 aliphatic heterocycles. The van der Waals surface area contributed by atoms with E-state index in [1.807, 2.05) is 75.4 Å². The van der Waals surface area contributed by atoms with Crippen LogP contribution in [0.2, 0.25) is 0 Å². The molecule has 0 unspecified atom stereocenters. The number of sulfonamides is 1. The van der Waals surface area contributed by atoms with Crippen molar-refractivity contribution in [2.24, 2.45) is 5.92 Å². The number of hydrogen-bond acceptors (Lipinski definition) is 5. The van der Waals surface area contributed by atoms with Crippen LogP contribution in [0.15, 0.2) is 119 Å². The largest absolute Gasteiger partial charge is 0.492 e. The fourth-order valence-electron chi connectivity index (χ4n) is 4.94. The minimum Gasteiger partial charge on any atom is -0.492 e. The SMILES string of the molecule is CCOc1ccccc1N(CC(=O)N(Cc1ccc(Br)cc1)[C@@H](Cc1ccccc1)C(=O)NCC(C)C)S(=O)(=O)c1ccccc1. The summed E-state index contributed by atoms with van der Waals surface area (Å²) in [6, 6.07) is 30.8. The average Bonchev–Trinajstić information content (AvgIpc) is 3.06. The highest BCUT2D eigenvalue weighted by molar-refractivity contribution is 9.10. The molecule has 0 radical (unpaired) electrons. The van der Waals surface area contributed by atoms with Gasteiger partial charge in [-0.15, -0.1) is 0 Å². The lowest BCUT2D eigenvalue weighted by Crippen LogP contribution is -2.53. The van der Waals surface area contributed by atoms with Crippen molar-refractivity contribution < 1.29 is 22.7 Å². The minimum absolute atomic E-state index is 0.0315. The maximum Gasteiger partial charge on any atom is 0.264 e. The molecule has 4 aromatic rings. The Morgan fingerprint density at radius 3 is 2.07 bits per heavy atom. The quantitative estimate of drug-likeness (QED) is 0.153. The van der Waals surface area contributed by atoms with Gasteiger partial charge in [-0.05, 0) is 60.4 Å². The first-order valence-corrected chi connectivity index (χ1v) is 17.5. The van der Waals surface area contributed by atoms with Crippen molar-refractivity contribution in [2.75, 3.05) is 24.0 Å². The van der Waals surface area contributed by atoms with Crippen LogP contribution < -0.4 is 14.4 Å². The third kappa shape index (κ3) is 9.20. The lowest BCUT2D eigenvalue weighted by Gasteiger charge is -2.34. The molecule has 242 valence electrons. The number of nitrogens with one attached hydrogen (secondary N) is 1. The lowest BCUT2D eigenvalue weighted by atomic mass is 10.0. The second-order valence-corrected chi connectivity index (χ2v) is 14.0. The van der Waals surface area contributed by atoms with Gasteiger partial charge in [0.25, 0.3) is 10.0 Å². The van der Waals surface area contributed by atoms with Gasteiger partial charge in [-0.1, -0.05) is 103 Å². The molecule has 1 atom stereocenters. The Morgan fingerprint density at radius 1 is 0.826 bits per heavy atom. The van der Waals surface area contributed by atoms with E-state index in [2.05, 4.69) is 21.2 Å². The Morgan fingerprint density at radius 2 is 1.43 bits per heavy atom. The molecule has 0 aliphatic carbocycles. The third-order valence-corrected chi connectivity index (χ3v) is 9.57. The van der Waals surface area contributed by atoms with Crippen LogP contribution in [0.5, 0.6) is 5.75 Å². The number of carbonyl (C=O) groups excluding carboxylic acids is 2. The van der Waals surface area contributed by atoms with Gasteiger partial charge >= 0.3 is 0 Å². The molecule has 0 aliphatic rings. The zero-order valence-electron chi connectivity index (χ0n) is 26.3. The summed E-state index contributed by atoms with van der Waals surface area (Å²) < 4.78 is 36.2. The van der Waals surface area contributed by atoms with Gasteiger partial charge in [-0.25, -0.2) is 8.42 Å². The van der Waals surface area contributed by atoms with Crippen LogP contribution in [0, 0.1) is 5.92 Å². The highest BCUT2D eigenvalue weighted by atomic mass is 79.9. The number of rotatable bonds is 15. The van der Waals surface area contributed by atoms with Crippen LogP contribution in [0.4, 0.5) is 5.69 Å².